The second-order valence-electron chi connectivity index (χ2n) is 7.59. The zero-order valence-electron chi connectivity index (χ0n) is 17.6. The van der Waals surface area contributed by atoms with E-state index in [1.54, 1.807) is 6.20 Å². The summed E-state index contributed by atoms with van der Waals surface area (Å²) in [5.41, 5.74) is -2.17. The Morgan fingerprint density at radius 1 is 0.879 bits per heavy atom. The monoisotopic (exact) mass is 468 g/mol. The van der Waals surface area contributed by atoms with Crippen LogP contribution in [0.4, 0.5) is 32.0 Å². The van der Waals surface area contributed by atoms with Crippen LogP contribution >= 0.6 is 0 Å². The predicted octanol–water partition coefficient (Wildman–Crippen LogP) is 6.63. The number of aliphatic hydroxyl groups is 1. The van der Waals surface area contributed by atoms with E-state index in [2.05, 4.69) is 10.3 Å². The maximum Gasteiger partial charge on any atom is 0.430 e. The van der Waals surface area contributed by atoms with Crippen molar-refractivity contribution < 1.29 is 31.4 Å². The Bertz CT molecular complexity index is 1050. The van der Waals surface area contributed by atoms with Crippen LogP contribution in [0.2, 0.25) is 0 Å². The summed E-state index contributed by atoms with van der Waals surface area (Å²) in [6.45, 7) is 2.20. The van der Waals surface area contributed by atoms with Gasteiger partial charge in [-0.3, -0.25) is 4.98 Å². The molecule has 1 aromatic heterocycles. The Hall–Kier alpha value is -3.07. The molecule has 0 saturated heterocycles. The van der Waals surface area contributed by atoms with Gasteiger partial charge in [0.2, 0.25) is 0 Å². The lowest BCUT2D eigenvalue weighted by molar-refractivity contribution is -0.376. The highest BCUT2D eigenvalue weighted by Gasteiger charge is 2.71. The van der Waals surface area contributed by atoms with Crippen molar-refractivity contribution in [3.8, 4) is 11.3 Å². The molecule has 0 atom stereocenters. The maximum atomic E-state index is 13.0. The van der Waals surface area contributed by atoms with Crippen molar-refractivity contribution >= 4 is 5.69 Å². The van der Waals surface area contributed by atoms with Crippen molar-refractivity contribution in [2.45, 2.75) is 44.3 Å². The van der Waals surface area contributed by atoms with Gasteiger partial charge in [-0.25, -0.2) is 0 Å². The molecule has 3 nitrogen and oxygen atoms in total. The van der Waals surface area contributed by atoms with Gasteiger partial charge in [-0.2, -0.15) is 26.3 Å². The van der Waals surface area contributed by atoms with Crippen molar-refractivity contribution in [1.82, 2.24) is 4.98 Å². The smallest absolute Gasteiger partial charge is 0.381 e. The van der Waals surface area contributed by atoms with Gasteiger partial charge in [0, 0.05) is 29.6 Å². The average Bonchev–Trinajstić information content (AvgIpc) is 2.77. The third-order valence-corrected chi connectivity index (χ3v) is 5.26. The van der Waals surface area contributed by atoms with Gasteiger partial charge in [-0.05, 0) is 41.8 Å². The number of aryl methyl sites for hydroxylation is 1. The first-order valence-corrected chi connectivity index (χ1v) is 10.2. The van der Waals surface area contributed by atoms with Crippen LogP contribution in [0.1, 0.15) is 30.0 Å². The van der Waals surface area contributed by atoms with Gasteiger partial charge in [0.15, 0.2) is 0 Å². The molecule has 0 bridgehead atoms. The van der Waals surface area contributed by atoms with Gasteiger partial charge >= 0.3 is 12.4 Å². The lowest BCUT2D eigenvalue weighted by atomic mass is 9.91. The number of alkyl halides is 6. The third-order valence-electron chi connectivity index (χ3n) is 5.26. The fourth-order valence-corrected chi connectivity index (χ4v) is 3.48. The standard InChI is InChI=1S/C24H22F6N2O/c1-2-5-17-14-18(20-6-3-4-13-31-20)9-12-21(17)32-15-16-7-10-19(11-8-16)22(33,23(25,26)27)24(28,29)30/h3-4,6-14,32-33H,2,5,15H2,1H3. The minimum Gasteiger partial charge on any atom is -0.381 e. The van der Waals surface area contributed by atoms with Crippen LogP contribution in [0.3, 0.4) is 0 Å². The van der Waals surface area contributed by atoms with Gasteiger partial charge in [-0.1, -0.05) is 49.7 Å². The molecule has 33 heavy (non-hydrogen) atoms. The minimum atomic E-state index is -5.91. The molecule has 0 amide bonds. The van der Waals surface area contributed by atoms with Gasteiger partial charge in [0.25, 0.3) is 5.60 Å². The lowest BCUT2D eigenvalue weighted by Gasteiger charge is -2.32. The number of halogens is 6. The molecule has 1 heterocycles. The highest BCUT2D eigenvalue weighted by Crippen LogP contribution is 2.49. The summed E-state index contributed by atoms with van der Waals surface area (Å²) < 4.78 is 78.2. The summed E-state index contributed by atoms with van der Waals surface area (Å²) >= 11 is 0. The number of hydrogen-bond donors (Lipinski definition) is 2. The summed E-state index contributed by atoms with van der Waals surface area (Å²) in [6, 6.07) is 14.9. The molecular weight excluding hydrogens is 446 g/mol. The van der Waals surface area contributed by atoms with E-state index in [9.17, 15) is 31.4 Å². The average molecular weight is 468 g/mol. The van der Waals surface area contributed by atoms with Crippen molar-refractivity contribution in [2.75, 3.05) is 5.32 Å². The predicted molar refractivity (Wildman–Crippen MR) is 113 cm³/mol. The van der Waals surface area contributed by atoms with Crippen LogP contribution in [0.5, 0.6) is 0 Å². The van der Waals surface area contributed by atoms with Crippen molar-refractivity contribution in [1.29, 1.82) is 0 Å². The first-order valence-electron chi connectivity index (χ1n) is 10.2. The quantitative estimate of drug-likeness (QED) is 0.383. The molecule has 0 aliphatic rings. The second-order valence-corrected chi connectivity index (χ2v) is 7.59. The topological polar surface area (TPSA) is 45.2 Å². The zero-order chi connectivity index (χ0) is 24.3. The van der Waals surface area contributed by atoms with Crippen LogP contribution in [0, 0.1) is 0 Å². The molecule has 0 fully saturated rings. The van der Waals surface area contributed by atoms with Gasteiger partial charge in [-0.15, -0.1) is 0 Å². The van der Waals surface area contributed by atoms with Crippen molar-refractivity contribution in [3.63, 3.8) is 0 Å². The van der Waals surface area contributed by atoms with E-state index < -0.39 is 23.5 Å². The van der Waals surface area contributed by atoms with Crippen LogP contribution in [0.15, 0.2) is 66.9 Å². The highest BCUT2D eigenvalue weighted by atomic mass is 19.4. The molecule has 0 aliphatic heterocycles. The Morgan fingerprint density at radius 2 is 1.55 bits per heavy atom. The summed E-state index contributed by atoms with van der Waals surface area (Å²) in [7, 11) is 0. The van der Waals surface area contributed by atoms with Crippen LogP contribution < -0.4 is 5.32 Å². The summed E-state index contributed by atoms with van der Waals surface area (Å²) in [6.07, 6.45) is -8.47. The van der Waals surface area contributed by atoms with E-state index in [0.29, 0.717) is 17.7 Å². The van der Waals surface area contributed by atoms with Gasteiger partial charge in [0.05, 0.1) is 5.69 Å². The molecule has 0 spiro atoms. The third kappa shape index (κ3) is 5.13. The zero-order valence-corrected chi connectivity index (χ0v) is 17.6. The summed E-state index contributed by atoms with van der Waals surface area (Å²) in [5, 5.41) is 12.7. The molecule has 2 aromatic carbocycles. The highest BCUT2D eigenvalue weighted by molar-refractivity contribution is 5.66. The lowest BCUT2D eigenvalue weighted by Crippen LogP contribution is -2.53. The molecule has 3 rings (SSSR count). The minimum absolute atomic E-state index is 0.177. The van der Waals surface area contributed by atoms with Crippen molar-refractivity contribution in [3.05, 3.63) is 83.6 Å². The first-order chi connectivity index (χ1) is 15.5. The normalized spacial score (nSPS) is 12.6. The molecule has 9 heteroatoms. The second kappa shape index (κ2) is 9.43. The molecule has 2 N–H and O–H groups in total. The van der Waals surface area contributed by atoms with E-state index in [-0.39, 0.29) is 6.54 Å². The van der Waals surface area contributed by atoms with Gasteiger partial charge in [0.1, 0.15) is 0 Å². The maximum absolute atomic E-state index is 13.0. The Kier molecular flexibility index (Phi) is 7.02. The number of hydrogen-bond acceptors (Lipinski definition) is 3. The van der Waals surface area contributed by atoms with Crippen LogP contribution in [-0.4, -0.2) is 22.4 Å². The molecule has 0 radical (unpaired) electrons. The number of rotatable bonds is 7. The van der Waals surface area contributed by atoms with E-state index in [1.165, 1.54) is 0 Å². The SMILES string of the molecule is CCCc1cc(-c2ccccn2)ccc1NCc1ccc(C(O)(C(F)(F)F)C(F)(F)F)cc1. The molecule has 0 aliphatic carbocycles. The van der Waals surface area contributed by atoms with E-state index in [4.69, 9.17) is 0 Å². The molecule has 176 valence electrons. The molecule has 0 saturated carbocycles. The molecule has 3 aromatic rings. The largest absolute Gasteiger partial charge is 0.430 e. The number of nitrogens with zero attached hydrogens (tertiary/aromatic N) is 1. The number of benzene rings is 2. The summed E-state index contributed by atoms with van der Waals surface area (Å²) in [4.78, 5) is 4.33. The molecular formula is C24H22F6N2O. The van der Waals surface area contributed by atoms with E-state index >= 15 is 0 Å². The number of anilines is 1. The van der Waals surface area contributed by atoms with E-state index in [0.717, 1.165) is 47.5 Å². The first kappa shape index (κ1) is 24.6. The van der Waals surface area contributed by atoms with E-state index in [1.807, 2.05) is 43.3 Å². The Balaban J connectivity index is 1.80. The fraction of sp³-hybridized carbons (Fsp3) is 0.292. The fourth-order valence-electron chi connectivity index (χ4n) is 3.48. The number of aromatic nitrogens is 1. The molecule has 0 unspecified atom stereocenters. The number of nitrogens with one attached hydrogen (secondary N) is 1. The Labute approximate surface area is 187 Å². The summed E-state index contributed by atoms with van der Waals surface area (Å²) in [5.74, 6) is 0. The van der Waals surface area contributed by atoms with Crippen LogP contribution in [0.25, 0.3) is 11.3 Å². The van der Waals surface area contributed by atoms with Gasteiger partial charge < -0.3 is 10.4 Å². The number of pyridine rings is 1. The Morgan fingerprint density at radius 3 is 2.09 bits per heavy atom. The van der Waals surface area contributed by atoms with Crippen LogP contribution in [-0.2, 0) is 18.6 Å². The van der Waals surface area contributed by atoms with Crippen molar-refractivity contribution in [2.24, 2.45) is 0 Å².